The van der Waals surface area contributed by atoms with Crippen LogP contribution in [0, 0.1) is 6.92 Å². The van der Waals surface area contributed by atoms with Crippen molar-refractivity contribution in [2.75, 3.05) is 17.6 Å². The van der Waals surface area contributed by atoms with Crippen molar-refractivity contribution in [3.8, 4) is 0 Å². The number of aryl methyl sites for hydroxylation is 1. The highest BCUT2D eigenvalue weighted by molar-refractivity contribution is 9.10. The molecule has 0 aliphatic rings. The number of nitrogens with one attached hydrogen (secondary N) is 1. The molecule has 14 heavy (non-hydrogen) atoms. The molecule has 0 saturated carbocycles. The molecule has 0 aliphatic carbocycles. The smallest absolute Gasteiger partial charge is 0.0488 e. The summed E-state index contributed by atoms with van der Waals surface area (Å²) in [5, 5.41) is 3.31. The van der Waals surface area contributed by atoms with Crippen molar-refractivity contribution >= 4 is 27.3 Å². The van der Waals surface area contributed by atoms with Gasteiger partial charge in [0.15, 0.2) is 0 Å². The van der Waals surface area contributed by atoms with Crippen LogP contribution in [-0.4, -0.2) is 6.54 Å². The minimum absolute atomic E-state index is 0.811. The van der Waals surface area contributed by atoms with Gasteiger partial charge in [0.2, 0.25) is 0 Å². The minimum Gasteiger partial charge on any atom is -0.398 e. The Labute approximate surface area is 93.3 Å². The molecule has 2 nitrogen and oxygen atoms in total. The molecule has 76 valence electrons. The van der Waals surface area contributed by atoms with Gasteiger partial charge in [0.05, 0.1) is 0 Å². The van der Waals surface area contributed by atoms with E-state index in [1.54, 1.807) is 0 Å². The molecule has 0 aromatic heterocycles. The molecule has 0 spiro atoms. The molecule has 3 N–H and O–H groups in total. The fourth-order valence-corrected chi connectivity index (χ4v) is 1.64. The minimum atomic E-state index is 0.811. The normalized spacial score (nSPS) is 9.86. The monoisotopic (exact) mass is 254 g/mol. The average molecular weight is 255 g/mol. The fourth-order valence-electron chi connectivity index (χ4n) is 1.14. The summed E-state index contributed by atoms with van der Waals surface area (Å²) in [5.41, 5.74) is 8.76. The van der Waals surface area contributed by atoms with E-state index >= 15 is 0 Å². The van der Waals surface area contributed by atoms with E-state index in [0.29, 0.717) is 0 Å². The molecule has 0 amide bonds. The molecule has 0 radical (unpaired) electrons. The van der Waals surface area contributed by atoms with Gasteiger partial charge in [-0.2, -0.15) is 0 Å². The van der Waals surface area contributed by atoms with Crippen LogP contribution >= 0.6 is 15.9 Å². The molecule has 1 rings (SSSR count). The predicted octanol–water partition coefficient (Wildman–Crippen LogP) is 3.33. The van der Waals surface area contributed by atoms with Crippen LogP contribution < -0.4 is 11.1 Å². The third-order valence-corrected chi connectivity index (χ3v) is 2.68. The van der Waals surface area contributed by atoms with E-state index in [0.717, 1.165) is 34.4 Å². The Morgan fingerprint density at radius 3 is 2.93 bits per heavy atom. The van der Waals surface area contributed by atoms with Crippen LogP contribution in [0.4, 0.5) is 11.4 Å². The first kappa shape index (κ1) is 11.1. The standard InChI is InChI=1S/C11H15BrN2/c1-3-4-5-14-11-6-8(2)10(13)7-9(11)12/h3,6-7,14H,1,4-5,13H2,2H3. The Kier molecular flexibility index (Phi) is 4.01. The first-order valence-corrected chi connectivity index (χ1v) is 5.35. The third kappa shape index (κ3) is 2.77. The van der Waals surface area contributed by atoms with Crippen molar-refractivity contribution in [1.82, 2.24) is 0 Å². The van der Waals surface area contributed by atoms with Crippen molar-refractivity contribution in [3.05, 3.63) is 34.8 Å². The van der Waals surface area contributed by atoms with Gasteiger partial charge < -0.3 is 11.1 Å². The van der Waals surface area contributed by atoms with Crippen molar-refractivity contribution in [3.63, 3.8) is 0 Å². The van der Waals surface area contributed by atoms with Crippen LogP contribution in [-0.2, 0) is 0 Å². The van der Waals surface area contributed by atoms with Crippen LogP contribution in [0.1, 0.15) is 12.0 Å². The maximum atomic E-state index is 5.77. The van der Waals surface area contributed by atoms with E-state index in [2.05, 4.69) is 27.8 Å². The fraction of sp³-hybridized carbons (Fsp3) is 0.273. The number of nitrogen functional groups attached to an aromatic ring is 1. The van der Waals surface area contributed by atoms with E-state index in [1.165, 1.54) is 0 Å². The lowest BCUT2D eigenvalue weighted by atomic mass is 10.2. The zero-order chi connectivity index (χ0) is 10.6. The lowest BCUT2D eigenvalue weighted by Crippen LogP contribution is -2.02. The summed E-state index contributed by atoms with van der Waals surface area (Å²) < 4.78 is 1.00. The van der Waals surface area contributed by atoms with Crippen molar-refractivity contribution in [1.29, 1.82) is 0 Å². The van der Waals surface area contributed by atoms with E-state index < -0.39 is 0 Å². The number of nitrogens with two attached hydrogens (primary N) is 1. The number of halogens is 1. The Hall–Kier alpha value is -0.960. The molecule has 0 aliphatic heterocycles. The summed E-state index contributed by atoms with van der Waals surface area (Å²) in [6.45, 7) is 6.57. The van der Waals surface area contributed by atoms with Crippen LogP contribution in [0.3, 0.4) is 0 Å². The van der Waals surface area contributed by atoms with E-state index in [1.807, 2.05) is 25.1 Å². The van der Waals surface area contributed by atoms with Crippen molar-refractivity contribution in [2.45, 2.75) is 13.3 Å². The van der Waals surface area contributed by atoms with Crippen LogP contribution in [0.15, 0.2) is 29.3 Å². The van der Waals surface area contributed by atoms with E-state index in [9.17, 15) is 0 Å². The van der Waals surface area contributed by atoms with Gasteiger partial charge in [0.1, 0.15) is 0 Å². The molecular formula is C11H15BrN2. The summed E-state index contributed by atoms with van der Waals surface area (Å²) in [5.74, 6) is 0. The number of hydrogen-bond acceptors (Lipinski definition) is 2. The van der Waals surface area contributed by atoms with Gasteiger partial charge >= 0.3 is 0 Å². The van der Waals surface area contributed by atoms with Crippen LogP contribution in [0.5, 0.6) is 0 Å². The lowest BCUT2D eigenvalue weighted by Gasteiger charge is -2.10. The molecule has 1 aromatic rings. The van der Waals surface area contributed by atoms with Gasteiger partial charge in [-0.15, -0.1) is 6.58 Å². The van der Waals surface area contributed by atoms with Crippen molar-refractivity contribution < 1.29 is 0 Å². The number of rotatable bonds is 4. The summed E-state index contributed by atoms with van der Waals surface area (Å²) in [7, 11) is 0. The summed E-state index contributed by atoms with van der Waals surface area (Å²) in [4.78, 5) is 0. The second-order valence-electron chi connectivity index (χ2n) is 3.19. The van der Waals surface area contributed by atoms with Gasteiger partial charge in [0, 0.05) is 22.4 Å². The van der Waals surface area contributed by atoms with Gasteiger partial charge in [-0.1, -0.05) is 6.08 Å². The number of benzene rings is 1. The largest absolute Gasteiger partial charge is 0.398 e. The van der Waals surface area contributed by atoms with Crippen molar-refractivity contribution in [2.24, 2.45) is 0 Å². The van der Waals surface area contributed by atoms with E-state index in [4.69, 9.17) is 5.73 Å². The van der Waals surface area contributed by atoms with Crippen LogP contribution in [0.2, 0.25) is 0 Å². The highest BCUT2D eigenvalue weighted by Gasteiger charge is 2.01. The summed E-state index contributed by atoms with van der Waals surface area (Å²) >= 11 is 3.47. The highest BCUT2D eigenvalue weighted by Crippen LogP contribution is 2.27. The van der Waals surface area contributed by atoms with E-state index in [-0.39, 0.29) is 0 Å². The molecule has 3 heteroatoms. The zero-order valence-corrected chi connectivity index (χ0v) is 9.89. The molecular weight excluding hydrogens is 240 g/mol. The molecule has 0 heterocycles. The maximum Gasteiger partial charge on any atom is 0.0488 e. The van der Waals surface area contributed by atoms with Gasteiger partial charge in [-0.3, -0.25) is 0 Å². The molecule has 0 fully saturated rings. The topological polar surface area (TPSA) is 38.0 Å². The molecule has 1 aromatic carbocycles. The quantitative estimate of drug-likeness (QED) is 0.492. The highest BCUT2D eigenvalue weighted by atomic mass is 79.9. The summed E-state index contributed by atoms with van der Waals surface area (Å²) in [6.07, 6.45) is 2.85. The lowest BCUT2D eigenvalue weighted by molar-refractivity contribution is 1.07. The number of anilines is 2. The molecule has 0 saturated heterocycles. The third-order valence-electron chi connectivity index (χ3n) is 2.02. The number of hydrogen-bond donors (Lipinski definition) is 2. The van der Waals surface area contributed by atoms with Gasteiger partial charge in [-0.25, -0.2) is 0 Å². The second kappa shape index (κ2) is 5.05. The molecule has 0 unspecified atom stereocenters. The Balaban J connectivity index is 2.76. The Bertz CT molecular complexity index is 334. The molecule has 0 atom stereocenters. The predicted molar refractivity (Wildman–Crippen MR) is 66.6 cm³/mol. The summed E-state index contributed by atoms with van der Waals surface area (Å²) in [6, 6.07) is 3.97. The first-order chi connectivity index (χ1) is 6.65. The molecule has 0 bridgehead atoms. The average Bonchev–Trinajstić information content (AvgIpc) is 2.14. The zero-order valence-electron chi connectivity index (χ0n) is 8.31. The SMILES string of the molecule is C=CCCNc1cc(C)c(N)cc1Br. The second-order valence-corrected chi connectivity index (χ2v) is 4.05. The van der Waals surface area contributed by atoms with Gasteiger partial charge in [-0.05, 0) is 47.0 Å². The van der Waals surface area contributed by atoms with Gasteiger partial charge in [0.25, 0.3) is 0 Å². The van der Waals surface area contributed by atoms with Crippen LogP contribution in [0.25, 0.3) is 0 Å². The Morgan fingerprint density at radius 1 is 1.57 bits per heavy atom. The maximum absolute atomic E-state index is 5.77. The Morgan fingerprint density at radius 2 is 2.29 bits per heavy atom. The first-order valence-electron chi connectivity index (χ1n) is 4.55.